The third kappa shape index (κ3) is 2.96. The van der Waals surface area contributed by atoms with Gasteiger partial charge in [-0.3, -0.25) is 0 Å². The summed E-state index contributed by atoms with van der Waals surface area (Å²) in [6.45, 7) is 2.18. The van der Waals surface area contributed by atoms with E-state index in [1.54, 1.807) is 0 Å². The molecule has 1 nitrogen and oxygen atoms in total. The Balaban J connectivity index is 1.61. The smallest absolute Gasteiger partial charge is 0.0730 e. The molecule has 7 aromatic rings. The number of hydrogen-bond acceptors (Lipinski definition) is 2. The molecular weight excluding hydrogens is 430 g/mol. The maximum atomic E-state index is 5.25. The van der Waals surface area contributed by atoms with Crippen molar-refractivity contribution >= 4 is 53.2 Å². The topological polar surface area (TPSA) is 12.9 Å². The standard InChI is InChI=1S/C32H21NS/c1-20-17-26-24-13-7-8-14-30(24)34-32(26)27(18-20)29-19-25(21-9-3-2-4-10-21)31-23-12-6-5-11-22(23)15-16-28(31)33-29/h2-19H,1H3. The summed E-state index contributed by atoms with van der Waals surface area (Å²) < 4.78 is 2.62. The van der Waals surface area contributed by atoms with Gasteiger partial charge in [0.25, 0.3) is 0 Å². The second kappa shape index (κ2) is 7.51. The zero-order valence-corrected chi connectivity index (χ0v) is 19.6. The SMILES string of the molecule is Cc1cc(-c2cc(-c3ccccc3)c3c(ccc4ccccc43)n2)c2sc3ccccc3c2c1. The van der Waals surface area contributed by atoms with Gasteiger partial charge in [-0.05, 0) is 64.7 Å². The molecule has 2 heteroatoms. The van der Waals surface area contributed by atoms with Crippen LogP contribution in [0.4, 0.5) is 0 Å². The lowest BCUT2D eigenvalue weighted by atomic mass is 9.94. The number of thiophene rings is 1. The number of hydrogen-bond donors (Lipinski definition) is 0. The van der Waals surface area contributed by atoms with Crippen molar-refractivity contribution in [1.82, 2.24) is 4.98 Å². The molecule has 0 saturated carbocycles. The van der Waals surface area contributed by atoms with Gasteiger partial charge in [0.2, 0.25) is 0 Å². The number of aryl methyl sites for hydroxylation is 1. The molecule has 0 bridgehead atoms. The lowest BCUT2D eigenvalue weighted by molar-refractivity contribution is 1.40. The minimum absolute atomic E-state index is 1.03. The minimum Gasteiger partial charge on any atom is -0.248 e. The van der Waals surface area contributed by atoms with Crippen LogP contribution in [-0.4, -0.2) is 4.98 Å². The zero-order valence-electron chi connectivity index (χ0n) is 18.7. The molecule has 0 amide bonds. The van der Waals surface area contributed by atoms with Gasteiger partial charge < -0.3 is 0 Å². The summed E-state index contributed by atoms with van der Waals surface area (Å²) in [5, 5.41) is 6.34. The zero-order chi connectivity index (χ0) is 22.6. The van der Waals surface area contributed by atoms with Gasteiger partial charge in [-0.25, -0.2) is 4.98 Å². The molecule has 0 saturated heterocycles. The average molecular weight is 452 g/mol. The van der Waals surface area contributed by atoms with E-state index >= 15 is 0 Å². The molecule has 0 N–H and O–H groups in total. The lowest BCUT2D eigenvalue weighted by Crippen LogP contribution is -1.92. The first-order valence-electron chi connectivity index (χ1n) is 11.6. The molecule has 0 unspecified atom stereocenters. The van der Waals surface area contributed by atoms with Crippen LogP contribution in [-0.2, 0) is 0 Å². The van der Waals surface area contributed by atoms with E-state index in [2.05, 4.69) is 116 Å². The van der Waals surface area contributed by atoms with Gasteiger partial charge in [0.15, 0.2) is 0 Å². The van der Waals surface area contributed by atoms with Crippen LogP contribution in [0.3, 0.4) is 0 Å². The number of fused-ring (bicyclic) bond motifs is 6. The Morgan fingerprint density at radius 2 is 1.38 bits per heavy atom. The molecule has 34 heavy (non-hydrogen) atoms. The van der Waals surface area contributed by atoms with Crippen LogP contribution in [0, 0.1) is 6.92 Å². The molecule has 5 aromatic carbocycles. The monoisotopic (exact) mass is 451 g/mol. The van der Waals surface area contributed by atoms with Crippen molar-refractivity contribution in [2.24, 2.45) is 0 Å². The third-order valence-corrected chi connectivity index (χ3v) is 7.90. The average Bonchev–Trinajstić information content (AvgIpc) is 3.26. The molecule has 7 rings (SSSR count). The first-order chi connectivity index (χ1) is 16.8. The highest BCUT2D eigenvalue weighted by atomic mass is 32.1. The molecule has 0 aliphatic heterocycles. The fraction of sp³-hybridized carbons (Fsp3) is 0.0312. The Hall–Kier alpha value is -4.01. The largest absolute Gasteiger partial charge is 0.248 e. The number of benzene rings is 5. The van der Waals surface area contributed by atoms with E-state index in [-0.39, 0.29) is 0 Å². The van der Waals surface area contributed by atoms with Crippen molar-refractivity contribution in [1.29, 1.82) is 0 Å². The summed E-state index contributed by atoms with van der Waals surface area (Å²) in [6, 6.07) is 39.3. The van der Waals surface area contributed by atoms with Crippen LogP contribution in [0.25, 0.3) is 64.2 Å². The van der Waals surface area contributed by atoms with Crippen LogP contribution < -0.4 is 0 Å². The highest BCUT2D eigenvalue weighted by Crippen LogP contribution is 2.42. The molecule has 0 spiro atoms. The molecular formula is C32H21NS. The molecule has 0 aliphatic rings. The van der Waals surface area contributed by atoms with E-state index in [9.17, 15) is 0 Å². The second-order valence-corrected chi connectivity index (χ2v) is 9.94. The first-order valence-corrected chi connectivity index (χ1v) is 12.4. The molecule has 0 radical (unpaired) electrons. The number of pyridine rings is 1. The van der Waals surface area contributed by atoms with E-state index < -0.39 is 0 Å². The Labute approximate surface area is 201 Å². The highest BCUT2D eigenvalue weighted by Gasteiger charge is 2.16. The van der Waals surface area contributed by atoms with Gasteiger partial charge in [-0.15, -0.1) is 11.3 Å². The summed E-state index contributed by atoms with van der Waals surface area (Å²) >= 11 is 1.86. The number of nitrogens with zero attached hydrogens (tertiary/aromatic N) is 1. The van der Waals surface area contributed by atoms with Crippen molar-refractivity contribution < 1.29 is 0 Å². The van der Waals surface area contributed by atoms with Gasteiger partial charge in [-0.1, -0.05) is 78.9 Å². The Kier molecular flexibility index (Phi) is 4.30. The van der Waals surface area contributed by atoms with Crippen molar-refractivity contribution in [3.05, 3.63) is 115 Å². The molecule has 2 aromatic heterocycles. The van der Waals surface area contributed by atoms with Gasteiger partial charge in [-0.2, -0.15) is 0 Å². The Morgan fingerprint density at radius 1 is 0.618 bits per heavy atom. The lowest BCUT2D eigenvalue weighted by Gasteiger charge is -2.14. The van der Waals surface area contributed by atoms with Crippen molar-refractivity contribution in [3.8, 4) is 22.4 Å². The minimum atomic E-state index is 1.03. The second-order valence-electron chi connectivity index (χ2n) is 8.89. The quantitative estimate of drug-likeness (QED) is 0.239. The molecule has 0 atom stereocenters. The Bertz CT molecular complexity index is 1860. The summed E-state index contributed by atoms with van der Waals surface area (Å²) in [5.41, 5.74) is 6.98. The summed E-state index contributed by atoms with van der Waals surface area (Å²) in [6.07, 6.45) is 0. The van der Waals surface area contributed by atoms with Gasteiger partial charge >= 0.3 is 0 Å². The maximum absolute atomic E-state index is 5.25. The van der Waals surface area contributed by atoms with Gasteiger partial charge in [0.05, 0.1) is 11.2 Å². The Morgan fingerprint density at radius 3 is 2.26 bits per heavy atom. The van der Waals surface area contributed by atoms with Crippen LogP contribution in [0.2, 0.25) is 0 Å². The van der Waals surface area contributed by atoms with E-state index in [4.69, 9.17) is 4.98 Å². The summed E-state index contributed by atoms with van der Waals surface area (Å²) in [5.74, 6) is 0. The third-order valence-electron chi connectivity index (χ3n) is 6.68. The van der Waals surface area contributed by atoms with E-state index in [0.29, 0.717) is 0 Å². The predicted molar refractivity (Wildman–Crippen MR) is 148 cm³/mol. The molecule has 2 heterocycles. The van der Waals surface area contributed by atoms with Crippen LogP contribution in [0.15, 0.2) is 109 Å². The molecule has 0 aliphatic carbocycles. The maximum Gasteiger partial charge on any atom is 0.0730 e. The van der Waals surface area contributed by atoms with E-state index in [1.807, 2.05) is 11.3 Å². The van der Waals surface area contributed by atoms with Crippen molar-refractivity contribution in [3.63, 3.8) is 0 Å². The van der Waals surface area contributed by atoms with Gasteiger partial charge in [0, 0.05) is 31.1 Å². The van der Waals surface area contributed by atoms with E-state index in [1.165, 1.54) is 58.6 Å². The van der Waals surface area contributed by atoms with Crippen LogP contribution >= 0.6 is 11.3 Å². The first kappa shape index (κ1) is 19.5. The van der Waals surface area contributed by atoms with Crippen LogP contribution in [0.5, 0.6) is 0 Å². The highest BCUT2D eigenvalue weighted by molar-refractivity contribution is 7.26. The predicted octanol–water partition coefficient (Wildman–Crippen LogP) is 9.40. The van der Waals surface area contributed by atoms with E-state index in [0.717, 1.165) is 11.2 Å². The molecule has 0 fully saturated rings. The fourth-order valence-corrected chi connectivity index (χ4v) is 6.36. The summed E-state index contributed by atoms with van der Waals surface area (Å²) in [4.78, 5) is 5.25. The fourth-order valence-electron chi connectivity index (χ4n) is 5.15. The van der Waals surface area contributed by atoms with Crippen molar-refractivity contribution in [2.75, 3.05) is 0 Å². The number of rotatable bonds is 2. The summed E-state index contributed by atoms with van der Waals surface area (Å²) in [7, 11) is 0. The molecule has 160 valence electrons. The van der Waals surface area contributed by atoms with Crippen LogP contribution in [0.1, 0.15) is 5.56 Å². The number of aromatic nitrogens is 1. The van der Waals surface area contributed by atoms with Gasteiger partial charge in [0.1, 0.15) is 0 Å². The van der Waals surface area contributed by atoms with Crippen molar-refractivity contribution in [2.45, 2.75) is 6.92 Å². The normalized spacial score (nSPS) is 11.7.